The fraction of sp³-hybridized carbons (Fsp3) is 0.462. The molecule has 0 saturated heterocycles. The molecule has 0 aliphatic heterocycles. The predicted octanol–water partition coefficient (Wildman–Crippen LogP) is 1.15. The number of halogens is 1. The molecule has 0 bridgehead atoms. The number of carbonyl (C=O) groups excluding carboxylic acids is 1. The number of aliphatic hydroxyl groups is 1. The number of ether oxygens (including phenoxy) is 2. The number of hydrogen-bond acceptors (Lipinski definition) is 5. The van der Waals surface area contributed by atoms with E-state index in [1.54, 1.807) is 0 Å². The molecule has 0 aliphatic carbocycles. The monoisotopic (exact) mass is 271 g/mol. The summed E-state index contributed by atoms with van der Waals surface area (Å²) in [4.78, 5) is 11.0. The maximum atomic E-state index is 13.5. The van der Waals surface area contributed by atoms with E-state index >= 15 is 0 Å². The van der Waals surface area contributed by atoms with E-state index in [1.165, 1.54) is 32.4 Å². The van der Waals surface area contributed by atoms with Crippen molar-refractivity contribution in [3.05, 3.63) is 29.6 Å². The quantitative estimate of drug-likeness (QED) is 0.758. The maximum Gasteiger partial charge on any atom is 0.305 e. The van der Waals surface area contributed by atoms with Crippen LogP contribution in [0.15, 0.2) is 18.2 Å². The molecule has 0 saturated carbocycles. The van der Waals surface area contributed by atoms with Crippen molar-refractivity contribution >= 4 is 5.97 Å². The number of carbonyl (C=O) groups is 1. The molecular formula is C13H18FNO4. The van der Waals surface area contributed by atoms with Gasteiger partial charge in [-0.05, 0) is 24.1 Å². The zero-order valence-corrected chi connectivity index (χ0v) is 10.9. The van der Waals surface area contributed by atoms with Crippen LogP contribution in [0.4, 0.5) is 4.39 Å². The molecule has 0 radical (unpaired) electrons. The second kappa shape index (κ2) is 7.06. The van der Waals surface area contributed by atoms with Crippen LogP contribution < -0.4 is 10.5 Å². The summed E-state index contributed by atoms with van der Waals surface area (Å²) in [6.07, 6.45) is -0.695. The second-order valence-corrected chi connectivity index (χ2v) is 4.12. The van der Waals surface area contributed by atoms with Crippen molar-refractivity contribution in [2.45, 2.75) is 25.0 Å². The maximum absolute atomic E-state index is 13.5. The first-order valence-electron chi connectivity index (χ1n) is 5.83. The highest BCUT2D eigenvalue weighted by Gasteiger charge is 2.19. The third-order valence-corrected chi connectivity index (χ3v) is 2.83. The molecule has 0 heterocycles. The molecule has 5 nitrogen and oxygen atoms in total. The molecule has 0 amide bonds. The van der Waals surface area contributed by atoms with E-state index in [1.807, 2.05) is 0 Å². The van der Waals surface area contributed by atoms with Crippen molar-refractivity contribution in [3.63, 3.8) is 0 Å². The van der Waals surface area contributed by atoms with Gasteiger partial charge in [0.05, 0.1) is 20.3 Å². The van der Waals surface area contributed by atoms with Gasteiger partial charge in [0.15, 0.2) is 11.6 Å². The van der Waals surface area contributed by atoms with Crippen molar-refractivity contribution < 1.29 is 23.8 Å². The normalized spacial score (nSPS) is 13.7. The molecule has 0 fully saturated rings. The van der Waals surface area contributed by atoms with E-state index in [0.717, 1.165) is 0 Å². The van der Waals surface area contributed by atoms with Crippen LogP contribution in [-0.4, -0.2) is 31.3 Å². The Labute approximate surface area is 111 Å². The summed E-state index contributed by atoms with van der Waals surface area (Å²) in [7, 11) is 2.64. The molecule has 6 heteroatoms. The van der Waals surface area contributed by atoms with E-state index in [0.29, 0.717) is 5.56 Å². The lowest BCUT2D eigenvalue weighted by molar-refractivity contribution is -0.140. The summed E-state index contributed by atoms with van der Waals surface area (Å²) >= 11 is 0. The van der Waals surface area contributed by atoms with E-state index in [-0.39, 0.29) is 18.6 Å². The fourth-order valence-electron chi connectivity index (χ4n) is 1.66. The number of rotatable bonds is 6. The summed E-state index contributed by atoms with van der Waals surface area (Å²) < 4.78 is 22.8. The van der Waals surface area contributed by atoms with Gasteiger partial charge in [-0.15, -0.1) is 0 Å². The summed E-state index contributed by atoms with van der Waals surface area (Å²) in [5, 5.41) is 9.98. The highest BCUT2D eigenvalue weighted by molar-refractivity contribution is 5.69. The standard InChI is InChI=1S/C13H18FNO4/c1-18-11-5-3-8(7-9(11)14)13(17)10(15)4-6-12(16)19-2/h3,5,7,10,13,17H,4,6,15H2,1-2H3. The average Bonchev–Trinajstić information content (AvgIpc) is 2.43. The Morgan fingerprint density at radius 1 is 1.47 bits per heavy atom. The van der Waals surface area contributed by atoms with Crippen LogP contribution in [-0.2, 0) is 9.53 Å². The number of methoxy groups -OCH3 is 2. The van der Waals surface area contributed by atoms with Crippen molar-refractivity contribution in [2.24, 2.45) is 5.73 Å². The fourth-order valence-corrected chi connectivity index (χ4v) is 1.66. The minimum atomic E-state index is -1.05. The molecule has 19 heavy (non-hydrogen) atoms. The number of aliphatic hydroxyl groups excluding tert-OH is 1. The third kappa shape index (κ3) is 4.18. The first-order chi connectivity index (χ1) is 8.99. The minimum Gasteiger partial charge on any atom is -0.494 e. The molecule has 1 aromatic carbocycles. The van der Waals surface area contributed by atoms with Gasteiger partial charge in [0.2, 0.25) is 0 Å². The van der Waals surface area contributed by atoms with Crippen LogP contribution in [0, 0.1) is 5.82 Å². The number of nitrogens with two attached hydrogens (primary N) is 1. The highest BCUT2D eigenvalue weighted by Crippen LogP contribution is 2.24. The van der Waals surface area contributed by atoms with Gasteiger partial charge in [-0.3, -0.25) is 4.79 Å². The smallest absolute Gasteiger partial charge is 0.305 e. The summed E-state index contributed by atoms with van der Waals surface area (Å²) in [6, 6.07) is 3.44. The van der Waals surface area contributed by atoms with E-state index < -0.39 is 23.9 Å². The third-order valence-electron chi connectivity index (χ3n) is 2.83. The highest BCUT2D eigenvalue weighted by atomic mass is 19.1. The first-order valence-corrected chi connectivity index (χ1v) is 5.83. The van der Waals surface area contributed by atoms with Crippen LogP contribution in [0.1, 0.15) is 24.5 Å². The van der Waals surface area contributed by atoms with E-state index in [2.05, 4.69) is 4.74 Å². The van der Waals surface area contributed by atoms with Crippen molar-refractivity contribution in [1.82, 2.24) is 0 Å². The average molecular weight is 271 g/mol. The van der Waals surface area contributed by atoms with Crippen molar-refractivity contribution in [1.29, 1.82) is 0 Å². The Balaban J connectivity index is 2.68. The lowest BCUT2D eigenvalue weighted by Gasteiger charge is -2.19. The summed E-state index contributed by atoms with van der Waals surface area (Å²) in [6.45, 7) is 0. The lowest BCUT2D eigenvalue weighted by Crippen LogP contribution is -2.29. The predicted molar refractivity (Wildman–Crippen MR) is 67.1 cm³/mol. The van der Waals surface area contributed by atoms with Gasteiger partial charge < -0.3 is 20.3 Å². The first kappa shape index (κ1) is 15.4. The van der Waals surface area contributed by atoms with Gasteiger partial charge >= 0.3 is 5.97 Å². The summed E-state index contributed by atoms with van der Waals surface area (Å²) in [5.41, 5.74) is 6.10. The van der Waals surface area contributed by atoms with Gasteiger partial charge in [-0.1, -0.05) is 6.07 Å². The Kier molecular flexibility index (Phi) is 5.72. The molecule has 0 spiro atoms. The second-order valence-electron chi connectivity index (χ2n) is 4.12. The molecular weight excluding hydrogens is 253 g/mol. The van der Waals surface area contributed by atoms with E-state index in [9.17, 15) is 14.3 Å². The molecule has 1 rings (SSSR count). The largest absolute Gasteiger partial charge is 0.494 e. The lowest BCUT2D eigenvalue weighted by atomic mass is 9.99. The number of esters is 1. The molecule has 2 unspecified atom stereocenters. The van der Waals surface area contributed by atoms with Gasteiger partial charge in [-0.25, -0.2) is 4.39 Å². The Bertz CT molecular complexity index is 439. The zero-order chi connectivity index (χ0) is 14.4. The van der Waals surface area contributed by atoms with Crippen LogP contribution in [0.25, 0.3) is 0 Å². The zero-order valence-electron chi connectivity index (χ0n) is 10.9. The minimum absolute atomic E-state index is 0.0964. The molecule has 0 aliphatic rings. The summed E-state index contributed by atoms with van der Waals surface area (Å²) in [5.74, 6) is -0.873. The Hall–Kier alpha value is -1.66. The topological polar surface area (TPSA) is 81.8 Å². The van der Waals surface area contributed by atoms with Crippen LogP contribution in [0.5, 0.6) is 5.75 Å². The molecule has 0 aromatic heterocycles. The van der Waals surface area contributed by atoms with Gasteiger partial charge in [0.1, 0.15) is 0 Å². The van der Waals surface area contributed by atoms with Gasteiger partial charge in [0, 0.05) is 12.5 Å². The van der Waals surface area contributed by atoms with E-state index in [4.69, 9.17) is 10.5 Å². The van der Waals surface area contributed by atoms with Crippen LogP contribution in [0.2, 0.25) is 0 Å². The molecule has 3 N–H and O–H groups in total. The van der Waals surface area contributed by atoms with Crippen molar-refractivity contribution in [2.75, 3.05) is 14.2 Å². The molecule has 106 valence electrons. The number of hydrogen-bond donors (Lipinski definition) is 2. The Morgan fingerprint density at radius 3 is 2.68 bits per heavy atom. The number of benzene rings is 1. The van der Waals surface area contributed by atoms with Crippen LogP contribution in [0.3, 0.4) is 0 Å². The van der Waals surface area contributed by atoms with Gasteiger partial charge in [-0.2, -0.15) is 0 Å². The van der Waals surface area contributed by atoms with Crippen molar-refractivity contribution in [3.8, 4) is 5.75 Å². The van der Waals surface area contributed by atoms with Gasteiger partial charge in [0.25, 0.3) is 0 Å². The van der Waals surface area contributed by atoms with Crippen LogP contribution >= 0.6 is 0 Å². The Morgan fingerprint density at radius 2 is 2.16 bits per heavy atom. The SMILES string of the molecule is COC(=O)CCC(N)C(O)c1ccc(OC)c(F)c1. The molecule has 1 aromatic rings. The molecule has 2 atom stereocenters.